The molecule has 0 spiro atoms. The number of anilines is 1. The molecular weight excluding hydrogens is 342 g/mol. The van der Waals surface area contributed by atoms with Gasteiger partial charge in [0.1, 0.15) is 10.9 Å². The second-order valence-corrected chi connectivity index (χ2v) is 6.66. The molecule has 140 valence electrons. The molecule has 0 radical (unpaired) electrons. The predicted octanol–water partition coefficient (Wildman–Crippen LogP) is 1.91. The number of nitrogens with two attached hydrogens (primary N) is 1. The van der Waals surface area contributed by atoms with Crippen molar-refractivity contribution in [2.24, 2.45) is 0 Å². The maximum atomic E-state index is 13.1. The summed E-state index contributed by atoms with van der Waals surface area (Å²) in [5, 5.41) is 3.08. The van der Waals surface area contributed by atoms with Crippen LogP contribution in [0, 0.1) is 6.92 Å². The third-order valence-corrected chi connectivity index (χ3v) is 4.72. The minimum Gasteiger partial charge on any atom is -0.348 e. The molecular formula is C20H24N5O2+. The SMILES string of the molecule is C=CCNC(=O)c1cc2c(=O)n3cc(C)ccc3nc2[n+]([C@@H](C)CC)c1N. The molecule has 0 aromatic carbocycles. The summed E-state index contributed by atoms with van der Waals surface area (Å²) in [5.41, 5.74) is 8.34. The van der Waals surface area contributed by atoms with Gasteiger partial charge in [-0.15, -0.1) is 6.58 Å². The van der Waals surface area contributed by atoms with Crippen molar-refractivity contribution in [2.75, 3.05) is 12.3 Å². The number of amides is 1. The number of aryl methyl sites for hydroxylation is 1. The van der Waals surface area contributed by atoms with Crippen molar-refractivity contribution >= 4 is 28.4 Å². The third-order valence-electron chi connectivity index (χ3n) is 4.72. The van der Waals surface area contributed by atoms with E-state index in [0.717, 1.165) is 12.0 Å². The third kappa shape index (κ3) is 3.16. The molecule has 0 fully saturated rings. The van der Waals surface area contributed by atoms with E-state index in [2.05, 4.69) is 16.9 Å². The lowest BCUT2D eigenvalue weighted by atomic mass is 10.1. The smallest absolute Gasteiger partial charge is 0.278 e. The van der Waals surface area contributed by atoms with Crippen molar-refractivity contribution in [3.05, 3.63) is 58.5 Å². The molecule has 0 saturated carbocycles. The number of fused-ring (bicyclic) bond motifs is 2. The maximum absolute atomic E-state index is 13.1. The van der Waals surface area contributed by atoms with E-state index in [4.69, 9.17) is 5.73 Å². The number of nitrogens with zero attached hydrogens (tertiary/aromatic N) is 3. The highest BCUT2D eigenvalue weighted by Gasteiger charge is 2.26. The van der Waals surface area contributed by atoms with Gasteiger partial charge in [0.05, 0.1) is 6.04 Å². The summed E-state index contributed by atoms with van der Waals surface area (Å²) in [6, 6.07) is 5.21. The largest absolute Gasteiger partial charge is 0.348 e. The van der Waals surface area contributed by atoms with Gasteiger partial charge in [0, 0.05) is 12.7 Å². The standard InChI is InChI=1S/C20H23N5O2/c1-5-9-22-19(26)14-10-15-18(25(17(14)21)13(4)6-2)23-16-8-7-12(3)11-24(16)20(15)27/h5,7-8,10-11,13,21H,1,6,9H2,2-4H3,(H,22,26)/p+1/t13-/m0/s1. The van der Waals surface area contributed by atoms with Crippen LogP contribution in [0.2, 0.25) is 0 Å². The first-order chi connectivity index (χ1) is 12.9. The van der Waals surface area contributed by atoms with Crippen LogP contribution in [0.25, 0.3) is 16.7 Å². The summed E-state index contributed by atoms with van der Waals surface area (Å²) in [6.45, 7) is 9.83. The first-order valence-corrected chi connectivity index (χ1v) is 8.94. The first kappa shape index (κ1) is 18.6. The zero-order valence-corrected chi connectivity index (χ0v) is 15.8. The van der Waals surface area contributed by atoms with Crippen molar-refractivity contribution in [1.29, 1.82) is 0 Å². The van der Waals surface area contributed by atoms with Gasteiger partial charge in [-0.05, 0) is 38.0 Å². The Morgan fingerprint density at radius 2 is 2.22 bits per heavy atom. The molecule has 1 amide bonds. The van der Waals surface area contributed by atoms with Crippen LogP contribution < -0.4 is 21.2 Å². The number of hydrogen-bond acceptors (Lipinski definition) is 4. The average Bonchev–Trinajstić information content (AvgIpc) is 2.66. The van der Waals surface area contributed by atoms with E-state index in [-0.39, 0.29) is 23.1 Å². The number of aromatic nitrogens is 3. The number of rotatable bonds is 5. The summed E-state index contributed by atoms with van der Waals surface area (Å²) in [7, 11) is 0. The van der Waals surface area contributed by atoms with Gasteiger partial charge in [-0.3, -0.25) is 14.0 Å². The lowest BCUT2D eigenvalue weighted by Crippen LogP contribution is -2.45. The second kappa shape index (κ2) is 7.19. The zero-order valence-electron chi connectivity index (χ0n) is 15.8. The lowest BCUT2D eigenvalue weighted by molar-refractivity contribution is -0.683. The lowest BCUT2D eigenvalue weighted by Gasteiger charge is -2.16. The van der Waals surface area contributed by atoms with E-state index < -0.39 is 0 Å². The molecule has 3 heterocycles. The molecule has 3 N–H and O–H groups in total. The molecule has 0 bridgehead atoms. The van der Waals surface area contributed by atoms with Gasteiger partial charge in [0.2, 0.25) is 11.5 Å². The summed E-state index contributed by atoms with van der Waals surface area (Å²) >= 11 is 0. The van der Waals surface area contributed by atoms with Crippen LogP contribution >= 0.6 is 0 Å². The van der Waals surface area contributed by atoms with Crippen molar-refractivity contribution in [1.82, 2.24) is 14.7 Å². The van der Waals surface area contributed by atoms with Crippen molar-refractivity contribution in [2.45, 2.75) is 33.2 Å². The van der Waals surface area contributed by atoms with Crippen molar-refractivity contribution in [3.8, 4) is 0 Å². The number of carbonyl (C=O) groups is 1. The molecule has 0 saturated heterocycles. The van der Waals surface area contributed by atoms with Gasteiger partial charge in [0.15, 0.2) is 0 Å². The highest BCUT2D eigenvalue weighted by molar-refractivity contribution is 6.00. The van der Waals surface area contributed by atoms with E-state index in [1.807, 2.05) is 26.8 Å². The van der Waals surface area contributed by atoms with Crippen molar-refractivity contribution < 1.29 is 9.36 Å². The van der Waals surface area contributed by atoms with E-state index in [9.17, 15) is 9.59 Å². The van der Waals surface area contributed by atoms with Gasteiger partial charge < -0.3 is 11.1 Å². The van der Waals surface area contributed by atoms with Crippen LogP contribution in [0.4, 0.5) is 5.82 Å². The predicted molar refractivity (Wildman–Crippen MR) is 106 cm³/mol. The fourth-order valence-electron chi connectivity index (χ4n) is 3.09. The maximum Gasteiger partial charge on any atom is 0.278 e. The molecule has 0 aliphatic rings. The fraction of sp³-hybridized carbons (Fsp3) is 0.300. The molecule has 0 aliphatic carbocycles. The minimum atomic E-state index is -0.347. The van der Waals surface area contributed by atoms with Gasteiger partial charge in [-0.1, -0.05) is 24.1 Å². The molecule has 0 unspecified atom stereocenters. The second-order valence-electron chi connectivity index (χ2n) is 6.66. The summed E-state index contributed by atoms with van der Waals surface area (Å²) < 4.78 is 3.28. The van der Waals surface area contributed by atoms with Crippen LogP contribution in [-0.4, -0.2) is 21.8 Å². The molecule has 1 atom stereocenters. The monoisotopic (exact) mass is 366 g/mol. The Balaban J connectivity index is 2.42. The molecule has 3 rings (SSSR count). The number of nitrogen functional groups attached to an aromatic ring is 1. The zero-order chi connectivity index (χ0) is 19.7. The van der Waals surface area contributed by atoms with Gasteiger partial charge >= 0.3 is 0 Å². The molecule has 0 aliphatic heterocycles. The molecule has 27 heavy (non-hydrogen) atoms. The summed E-state index contributed by atoms with van der Waals surface area (Å²) in [5.74, 6) is -0.0538. The van der Waals surface area contributed by atoms with E-state index in [1.165, 1.54) is 10.5 Å². The van der Waals surface area contributed by atoms with Crippen LogP contribution in [-0.2, 0) is 0 Å². The topological polar surface area (TPSA) is 93.4 Å². The summed E-state index contributed by atoms with van der Waals surface area (Å²) in [4.78, 5) is 30.4. The average molecular weight is 366 g/mol. The molecule has 3 aromatic rings. The quantitative estimate of drug-likeness (QED) is 0.410. The molecule has 7 heteroatoms. The normalized spacial score (nSPS) is 12.3. The highest BCUT2D eigenvalue weighted by Crippen LogP contribution is 2.18. The van der Waals surface area contributed by atoms with Crippen LogP contribution in [0.1, 0.15) is 42.2 Å². The number of hydrogen-bond donors (Lipinski definition) is 2. The van der Waals surface area contributed by atoms with Gasteiger partial charge in [-0.25, -0.2) is 4.57 Å². The molecule has 3 aromatic heterocycles. The van der Waals surface area contributed by atoms with Crippen LogP contribution in [0.5, 0.6) is 0 Å². The Morgan fingerprint density at radius 1 is 1.48 bits per heavy atom. The summed E-state index contributed by atoms with van der Waals surface area (Å²) in [6.07, 6.45) is 4.10. The van der Waals surface area contributed by atoms with Crippen LogP contribution in [0.15, 0.2) is 41.8 Å². The number of nitrogens with one attached hydrogen (secondary N) is 1. The first-order valence-electron chi connectivity index (χ1n) is 8.94. The van der Waals surface area contributed by atoms with Crippen LogP contribution in [0.3, 0.4) is 0 Å². The Bertz CT molecular complexity index is 1120. The number of pyridine rings is 2. The number of carbonyl (C=O) groups excluding carboxylic acids is 1. The minimum absolute atomic E-state index is 0.0283. The van der Waals surface area contributed by atoms with Gasteiger partial charge in [0.25, 0.3) is 17.1 Å². The fourth-order valence-corrected chi connectivity index (χ4v) is 3.09. The Labute approximate surface area is 157 Å². The highest BCUT2D eigenvalue weighted by atomic mass is 16.1. The van der Waals surface area contributed by atoms with E-state index in [1.54, 1.807) is 22.9 Å². The Kier molecular flexibility index (Phi) is 4.94. The Morgan fingerprint density at radius 3 is 2.89 bits per heavy atom. The Hall–Kier alpha value is -3.22. The van der Waals surface area contributed by atoms with Crippen molar-refractivity contribution in [3.63, 3.8) is 0 Å². The van der Waals surface area contributed by atoms with E-state index >= 15 is 0 Å². The van der Waals surface area contributed by atoms with Gasteiger partial charge in [-0.2, -0.15) is 0 Å². The molecule has 7 nitrogen and oxygen atoms in total. The van der Waals surface area contributed by atoms with E-state index in [0.29, 0.717) is 29.0 Å².